The van der Waals surface area contributed by atoms with Crippen LogP contribution in [0.5, 0.6) is 17.2 Å². The average Bonchev–Trinajstić information content (AvgIpc) is 3.03. The molecule has 0 unspecified atom stereocenters. The van der Waals surface area contributed by atoms with Gasteiger partial charge in [0.15, 0.2) is 11.5 Å². The van der Waals surface area contributed by atoms with Crippen LogP contribution < -0.4 is 30.3 Å². The van der Waals surface area contributed by atoms with Gasteiger partial charge in [-0.15, -0.1) is 0 Å². The number of esters is 1. The Hall–Kier alpha value is -5.19. The van der Waals surface area contributed by atoms with E-state index in [9.17, 15) is 19.2 Å². The van der Waals surface area contributed by atoms with Gasteiger partial charge in [0.2, 0.25) is 0 Å². The van der Waals surface area contributed by atoms with E-state index < -0.39 is 17.8 Å². The van der Waals surface area contributed by atoms with Crippen LogP contribution in [-0.4, -0.2) is 49.2 Å². The monoisotopic (exact) mass is 600 g/mol. The Balaban J connectivity index is 1.34. The van der Waals surface area contributed by atoms with Crippen molar-refractivity contribution in [2.24, 2.45) is 5.10 Å². The molecular weight excluding hydrogens is 564 g/mol. The molecule has 230 valence electrons. The van der Waals surface area contributed by atoms with Crippen LogP contribution in [0.25, 0.3) is 0 Å². The summed E-state index contributed by atoms with van der Waals surface area (Å²) < 4.78 is 16.6. The SMILES string of the molecule is CCOc1ccc(C(=O)Oc2ccc(/C=N/NC(=O)C(=O)Nc3ccccc3C(=O)NC3CCCCC3)cc2OCC)cc1. The summed E-state index contributed by atoms with van der Waals surface area (Å²) in [5.74, 6) is -1.72. The number of hydrogen-bond acceptors (Lipinski definition) is 8. The number of anilines is 1. The summed E-state index contributed by atoms with van der Waals surface area (Å²) in [6, 6.07) is 17.9. The first-order valence-corrected chi connectivity index (χ1v) is 14.6. The number of ether oxygens (including phenoxy) is 3. The lowest BCUT2D eigenvalue weighted by atomic mass is 9.95. The number of nitrogens with zero attached hydrogens (tertiary/aromatic N) is 1. The molecule has 11 nitrogen and oxygen atoms in total. The molecule has 44 heavy (non-hydrogen) atoms. The van der Waals surface area contributed by atoms with E-state index in [4.69, 9.17) is 14.2 Å². The van der Waals surface area contributed by atoms with Gasteiger partial charge in [0.1, 0.15) is 5.75 Å². The highest BCUT2D eigenvalue weighted by Gasteiger charge is 2.21. The number of carbonyl (C=O) groups excluding carboxylic acids is 4. The van der Waals surface area contributed by atoms with E-state index in [1.807, 2.05) is 6.92 Å². The number of carbonyl (C=O) groups is 4. The standard InChI is InChI=1S/C33H36N4O7/c1-3-42-25-17-15-23(16-18-25)33(41)44-28-19-14-22(20-29(28)43-4-2)21-34-37-32(40)31(39)36-27-13-9-8-12-26(27)30(38)35-24-10-6-5-7-11-24/h8-9,12-21,24H,3-7,10-11H2,1-2H3,(H,35,38)(H,36,39)(H,37,40)/b34-21+. The van der Waals surface area contributed by atoms with Crippen molar-refractivity contribution in [2.75, 3.05) is 18.5 Å². The number of hydrazone groups is 1. The molecule has 3 aromatic rings. The molecule has 3 N–H and O–H groups in total. The molecule has 0 radical (unpaired) electrons. The Labute approximate surface area is 256 Å². The minimum Gasteiger partial charge on any atom is -0.494 e. The number of hydrogen-bond donors (Lipinski definition) is 3. The predicted octanol–water partition coefficient (Wildman–Crippen LogP) is 4.85. The van der Waals surface area contributed by atoms with E-state index >= 15 is 0 Å². The molecule has 1 saturated carbocycles. The molecule has 1 aliphatic carbocycles. The highest BCUT2D eigenvalue weighted by molar-refractivity contribution is 6.40. The summed E-state index contributed by atoms with van der Waals surface area (Å²) in [5.41, 5.74) is 3.53. The summed E-state index contributed by atoms with van der Waals surface area (Å²) in [7, 11) is 0. The topological polar surface area (TPSA) is 144 Å². The van der Waals surface area contributed by atoms with E-state index in [-0.39, 0.29) is 28.9 Å². The van der Waals surface area contributed by atoms with Crippen LogP contribution in [0, 0.1) is 0 Å². The van der Waals surface area contributed by atoms with Gasteiger partial charge >= 0.3 is 17.8 Å². The number of rotatable bonds is 11. The molecule has 1 fully saturated rings. The van der Waals surface area contributed by atoms with Crippen LogP contribution in [0.4, 0.5) is 5.69 Å². The highest BCUT2D eigenvalue weighted by Crippen LogP contribution is 2.29. The molecule has 0 heterocycles. The number of amides is 3. The molecule has 0 saturated heterocycles. The lowest BCUT2D eigenvalue weighted by molar-refractivity contribution is -0.136. The van der Waals surface area contributed by atoms with Gasteiger partial charge in [-0.05, 0) is 86.8 Å². The molecule has 0 aliphatic heterocycles. The maximum Gasteiger partial charge on any atom is 0.343 e. The third kappa shape index (κ3) is 8.90. The van der Waals surface area contributed by atoms with Gasteiger partial charge in [-0.1, -0.05) is 31.4 Å². The largest absolute Gasteiger partial charge is 0.494 e. The summed E-state index contributed by atoms with van der Waals surface area (Å²) in [4.78, 5) is 50.5. The van der Waals surface area contributed by atoms with Crippen molar-refractivity contribution >= 4 is 35.6 Å². The third-order valence-electron chi connectivity index (χ3n) is 6.82. The van der Waals surface area contributed by atoms with Crippen molar-refractivity contribution in [2.45, 2.75) is 52.0 Å². The number of nitrogens with one attached hydrogen (secondary N) is 3. The third-order valence-corrected chi connectivity index (χ3v) is 6.82. The Morgan fingerprint density at radius 1 is 0.841 bits per heavy atom. The first kappa shape index (κ1) is 31.7. The number of benzene rings is 3. The Morgan fingerprint density at radius 3 is 2.30 bits per heavy atom. The van der Waals surface area contributed by atoms with Crippen LogP contribution in [0.15, 0.2) is 71.8 Å². The van der Waals surface area contributed by atoms with Crippen LogP contribution in [0.3, 0.4) is 0 Å². The molecular formula is C33H36N4O7. The van der Waals surface area contributed by atoms with Gasteiger partial charge in [-0.25, -0.2) is 10.2 Å². The van der Waals surface area contributed by atoms with Crippen molar-refractivity contribution in [3.8, 4) is 17.2 Å². The molecule has 4 rings (SSSR count). The van der Waals surface area contributed by atoms with E-state index in [1.165, 1.54) is 6.21 Å². The van der Waals surface area contributed by atoms with Crippen molar-refractivity contribution in [3.63, 3.8) is 0 Å². The molecule has 3 amide bonds. The van der Waals surface area contributed by atoms with E-state index in [0.717, 1.165) is 32.1 Å². The average molecular weight is 601 g/mol. The molecule has 1 aliphatic rings. The van der Waals surface area contributed by atoms with E-state index in [0.29, 0.717) is 35.8 Å². The van der Waals surface area contributed by atoms with Gasteiger partial charge in [0.25, 0.3) is 5.91 Å². The van der Waals surface area contributed by atoms with E-state index in [1.54, 1.807) is 73.7 Å². The molecule has 0 bridgehead atoms. The number of para-hydroxylation sites is 1. The predicted molar refractivity (Wildman–Crippen MR) is 165 cm³/mol. The fraction of sp³-hybridized carbons (Fsp3) is 0.303. The summed E-state index contributed by atoms with van der Waals surface area (Å²) >= 11 is 0. The zero-order valence-corrected chi connectivity index (χ0v) is 24.8. The Kier molecular flexibility index (Phi) is 11.5. The summed E-state index contributed by atoms with van der Waals surface area (Å²) in [6.07, 6.45) is 6.46. The van der Waals surface area contributed by atoms with Crippen molar-refractivity contribution in [1.82, 2.24) is 10.7 Å². The fourth-order valence-corrected chi connectivity index (χ4v) is 4.67. The Morgan fingerprint density at radius 2 is 1.57 bits per heavy atom. The van der Waals surface area contributed by atoms with Gasteiger partial charge in [0.05, 0.1) is 36.2 Å². The van der Waals surface area contributed by atoms with Crippen LogP contribution in [0.1, 0.15) is 72.2 Å². The highest BCUT2D eigenvalue weighted by atomic mass is 16.6. The second kappa shape index (κ2) is 15.9. The normalized spacial score (nSPS) is 13.1. The maximum atomic E-state index is 12.8. The van der Waals surface area contributed by atoms with E-state index in [2.05, 4.69) is 21.2 Å². The minimum absolute atomic E-state index is 0.0975. The van der Waals surface area contributed by atoms with Crippen molar-refractivity contribution < 1.29 is 33.4 Å². The molecule has 0 aromatic heterocycles. The van der Waals surface area contributed by atoms with Crippen LogP contribution in [-0.2, 0) is 9.59 Å². The van der Waals surface area contributed by atoms with Crippen molar-refractivity contribution in [3.05, 3.63) is 83.4 Å². The van der Waals surface area contributed by atoms with Crippen LogP contribution >= 0.6 is 0 Å². The molecule has 3 aromatic carbocycles. The smallest absolute Gasteiger partial charge is 0.343 e. The van der Waals surface area contributed by atoms with Crippen LogP contribution in [0.2, 0.25) is 0 Å². The zero-order chi connectivity index (χ0) is 31.3. The van der Waals surface area contributed by atoms with Gasteiger partial charge in [-0.3, -0.25) is 14.4 Å². The summed E-state index contributed by atoms with van der Waals surface area (Å²) in [5, 5.41) is 9.37. The molecule has 0 spiro atoms. The fourth-order valence-electron chi connectivity index (χ4n) is 4.67. The van der Waals surface area contributed by atoms with Crippen molar-refractivity contribution in [1.29, 1.82) is 0 Å². The minimum atomic E-state index is -1.02. The lowest BCUT2D eigenvalue weighted by Crippen LogP contribution is -2.37. The second-order valence-electron chi connectivity index (χ2n) is 9.99. The van der Waals surface area contributed by atoms with Gasteiger partial charge in [-0.2, -0.15) is 5.10 Å². The van der Waals surface area contributed by atoms with Gasteiger partial charge < -0.3 is 24.8 Å². The molecule has 11 heteroatoms. The quantitative estimate of drug-likeness (QED) is 0.0938. The first-order chi connectivity index (χ1) is 21.4. The lowest BCUT2D eigenvalue weighted by Gasteiger charge is -2.23. The maximum absolute atomic E-state index is 12.8. The Bertz CT molecular complexity index is 1500. The summed E-state index contributed by atoms with van der Waals surface area (Å²) in [6.45, 7) is 4.49. The van der Waals surface area contributed by atoms with Gasteiger partial charge in [0, 0.05) is 6.04 Å². The zero-order valence-electron chi connectivity index (χ0n) is 24.8. The first-order valence-electron chi connectivity index (χ1n) is 14.6. The molecule has 0 atom stereocenters. The second-order valence-corrected chi connectivity index (χ2v) is 9.99.